The van der Waals surface area contributed by atoms with Crippen LogP contribution in [0.25, 0.3) is 0 Å². The van der Waals surface area contributed by atoms with Gasteiger partial charge in [-0.25, -0.2) is 0 Å². The SMILES string of the molecule is CCC(C)(N)C(=O)OC1CCCc2ccccc21. The molecule has 18 heavy (non-hydrogen) atoms. The normalized spacial score (nSPS) is 21.8. The fraction of sp³-hybridized carbons (Fsp3) is 0.533. The highest BCUT2D eigenvalue weighted by molar-refractivity contribution is 5.80. The van der Waals surface area contributed by atoms with E-state index in [1.165, 1.54) is 5.56 Å². The fourth-order valence-electron chi connectivity index (χ4n) is 2.24. The smallest absolute Gasteiger partial charge is 0.326 e. The standard InChI is InChI=1S/C15H21NO2/c1-3-15(2,16)14(17)18-13-10-6-8-11-7-4-5-9-12(11)13/h4-5,7,9,13H,3,6,8,10,16H2,1-2H3. The first-order valence-electron chi connectivity index (χ1n) is 6.62. The molecule has 0 radical (unpaired) electrons. The molecular weight excluding hydrogens is 226 g/mol. The van der Waals surface area contributed by atoms with Crippen molar-refractivity contribution in [3.63, 3.8) is 0 Å². The van der Waals surface area contributed by atoms with E-state index in [4.69, 9.17) is 10.5 Å². The lowest BCUT2D eigenvalue weighted by atomic mass is 9.89. The summed E-state index contributed by atoms with van der Waals surface area (Å²) >= 11 is 0. The zero-order valence-corrected chi connectivity index (χ0v) is 11.1. The van der Waals surface area contributed by atoms with E-state index in [0.717, 1.165) is 24.8 Å². The lowest BCUT2D eigenvalue weighted by Crippen LogP contribution is -2.46. The second-order valence-corrected chi connectivity index (χ2v) is 5.26. The van der Waals surface area contributed by atoms with Gasteiger partial charge in [0, 0.05) is 0 Å². The van der Waals surface area contributed by atoms with Crippen molar-refractivity contribution in [3.05, 3.63) is 35.4 Å². The average molecular weight is 247 g/mol. The molecule has 1 aromatic carbocycles. The summed E-state index contributed by atoms with van der Waals surface area (Å²) < 4.78 is 5.61. The molecule has 0 amide bonds. The minimum Gasteiger partial charge on any atom is -0.456 e. The van der Waals surface area contributed by atoms with Gasteiger partial charge in [-0.15, -0.1) is 0 Å². The van der Waals surface area contributed by atoms with Crippen LogP contribution >= 0.6 is 0 Å². The second kappa shape index (κ2) is 5.11. The van der Waals surface area contributed by atoms with Crippen molar-refractivity contribution in [2.45, 2.75) is 51.2 Å². The molecule has 0 aromatic heterocycles. The number of nitrogens with two attached hydrogens (primary N) is 1. The Morgan fingerprint density at radius 1 is 1.50 bits per heavy atom. The van der Waals surface area contributed by atoms with E-state index in [1.807, 2.05) is 25.1 Å². The van der Waals surface area contributed by atoms with Crippen LogP contribution in [0.1, 0.15) is 50.3 Å². The van der Waals surface area contributed by atoms with Crippen LogP contribution < -0.4 is 5.73 Å². The molecule has 3 heteroatoms. The van der Waals surface area contributed by atoms with Gasteiger partial charge in [0.1, 0.15) is 11.6 Å². The summed E-state index contributed by atoms with van der Waals surface area (Å²) in [6.45, 7) is 3.63. The summed E-state index contributed by atoms with van der Waals surface area (Å²) in [5.41, 5.74) is 7.47. The summed E-state index contributed by atoms with van der Waals surface area (Å²) in [6, 6.07) is 8.18. The molecule has 2 atom stereocenters. The van der Waals surface area contributed by atoms with E-state index in [9.17, 15) is 4.79 Å². The molecule has 0 bridgehead atoms. The van der Waals surface area contributed by atoms with Gasteiger partial charge in [-0.2, -0.15) is 0 Å². The number of hydrogen-bond acceptors (Lipinski definition) is 3. The van der Waals surface area contributed by atoms with Gasteiger partial charge in [0.15, 0.2) is 0 Å². The molecular formula is C15H21NO2. The van der Waals surface area contributed by atoms with Gasteiger partial charge in [0.05, 0.1) is 0 Å². The van der Waals surface area contributed by atoms with Gasteiger partial charge >= 0.3 is 5.97 Å². The number of rotatable bonds is 3. The van der Waals surface area contributed by atoms with E-state index in [2.05, 4.69) is 6.07 Å². The molecule has 0 saturated carbocycles. The zero-order chi connectivity index (χ0) is 13.2. The van der Waals surface area contributed by atoms with Crippen molar-refractivity contribution in [3.8, 4) is 0 Å². The van der Waals surface area contributed by atoms with Gasteiger partial charge in [-0.3, -0.25) is 4.79 Å². The van der Waals surface area contributed by atoms with Crippen molar-refractivity contribution in [2.75, 3.05) is 0 Å². The Morgan fingerprint density at radius 3 is 2.94 bits per heavy atom. The number of carbonyl (C=O) groups excluding carboxylic acids is 1. The van der Waals surface area contributed by atoms with Gasteiger partial charge in [0.2, 0.25) is 0 Å². The summed E-state index contributed by atoms with van der Waals surface area (Å²) in [7, 11) is 0. The molecule has 0 spiro atoms. The zero-order valence-electron chi connectivity index (χ0n) is 11.1. The van der Waals surface area contributed by atoms with Crippen molar-refractivity contribution >= 4 is 5.97 Å². The number of hydrogen-bond donors (Lipinski definition) is 1. The maximum Gasteiger partial charge on any atom is 0.326 e. The minimum absolute atomic E-state index is 0.128. The number of ether oxygens (including phenoxy) is 1. The molecule has 0 aliphatic heterocycles. The average Bonchev–Trinajstić information content (AvgIpc) is 2.39. The summed E-state index contributed by atoms with van der Waals surface area (Å²) in [6.07, 6.45) is 3.47. The highest BCUT2D eigenvalue weighted by Crippen LogP contribution is 2.33. The van der Waals surface area contributed by atoms with Gasteiger partial charge in [0.25, 0.3) is 0 Å². The van der Waals surface area contributed by atoms with E-state index >= 15 is 0 Å². The Labute approximate surface area is 108 Å². The third-order valence-electron chi connectivity index (χ3n) is 3.76. The topological polar surface area (TPSA) is 52.3 Å². The molecule has 0 saturated heterocycles. The lowest BCUT2D eigenvalue weighted by molar-refractivity contribution is -0.156. The minimum atomic E-state index is -0.883. The molecule has 98 valence electrons. The summed E-state index contributed by atoms with van der Waals surface area (Å²) in [5.74, 6) is -0.299. The predicted molar refractivity (Wildman–Crippen MR) is 71.1 cm³/mol. The Bertz CT molecular complexity index is 440. The van der Waals surface area contributed by atoms with Crippen LogP contribution in [0, 0.1) is 0 Å². The Morgan fingerprint density at radius 2 is 2.22 bits per heavy atom. The maximum atomic E-state index is 12.0. The Balaban J connectivity index is 2.15. The quantitative estimate of drug-likeness (QED) is 0.836. The third kappa shape index (κ3) is 2.56. The van der Waals surface area contributed by atoms with Crippen LogP contribution in [0.5, 0.6) is 0 Å². The molecule has 1 aliphatic rings. The summed E-state index contributed by atoms with van der Waals surface area (Å²) in [5, 5.41) is 0. The largest absolute Gasteiger partial charge is 0.456 e. The maximum absolute atomic E-state index is 12.0. The second-order valence-electron chi connectivity index (χ2n) is 5.26. The molecule has 1 aliphatic carbocycles. The molecule has 2 N–H and O–H groups in total. The number of aryl methyl sites for hydroxylation is 1. The van der Waals surface area contributed by atoms with Gasteiger partial charge in [-0.05, 0) is 43.7 Å². The van der Waals surface area contributed by atoms with Crippen LogP contribution in [0.15, 0.2) is 24.3 Å². The number of esters is 1. The van der Waals surface area contributed by atoms with Crippen LogP contribution in [-0.4, -0.2) is 11.5 Å². The Kier molecular flexibility index (Phi) is 3.71. The number of benzene rings is 1. The van der Waals surface area contributed by atoms with Crippen molar-refractivity contribution in [2.24, 2.45) is 5.73 Å². The predicted octanol–water partition coefficient (Wildman–Crippen LogP) is 2.73. The van der Waals surface area contributed by atoms with Crippen molar-refractivity contribution < 1.29 is 9.53 Å². The van der Waals surface area contributed by atoms with Crippen LogP contribution in [0.2, 0.25) is 0 Å². The van der Waals surface area contributed by atoms with Crippen LogP contribution in [0.3, 0.4) is 0 Å². The van der Waals surface area contributed by atoms with Gasteiger partial charge in [-0.1, -0.05) is 31.2 Å². The van der Waals surface area contributed by atoms with E-state index in [0.29, 0.717) is 6.42 Å². The highest BCUT2D eigenvalue weighted by atomic mass is 16.5. The highest BCUT2D eigenvalue weighted by Gasteiger charge is 2.32. The molecule has 3 nitrogen and oxygen atoms in total. The molecule has 2 unspecified atom stereocenters. The lowest BCUT2D eigenvalue weighted by Gasteiger charge is -2.29. The first kappa shape index (κ1) is 13.1. The molecule has 0 heterocycles. The van der Waals surface area contributed by atoms with Crippen molar-refractivity contribution in [1.82, 2.24) is 0 Å². The molecule has 2 rings (SSSR count). The van der Waals surface area contributed by atoms with Gasteiger partial charge < -0.3 is 10.5 Å². The van der Waals surface area contributed by atoms with E-state index in [1.54, 1.807) is 6.92 Å². The van der Waals surface area contributed by atoms with E-state index < -0.39 is 5.54 Å². The molecule has 1 aromatic rings. The van der Waals surface area contributed by atoms with Crippen LogP contribution in [0.4, 0.5) is 0 Å². The number of fused-ring (bicyclic) bond motifs is 1. The van der Waals surface area contributed by atoms with Crippen molar-refractivity contribution in [1.29, 1.82) is 0 Å². The first-order chi connectivity index (χ1) is 8.54. The Hall–Kier alpha value is -1.35. The first-order valence-corrected chi connectivity index (χ1v) is 6.62. The monoisotopic (exact) mass is 247 g/mol. The van der Waals surface area contributed by atoms with E-state index in [-0.39, 0.29) is 12.1 Å². The third-order valence-corrected chi connectivity index (χ3v) is 3.76. The van der Waals surface area contributed by atoms with Crippen LogP contribution in [-0.2, 0) is 16.0 Å². The molecule has 0 fully saturated rings. The number of carbonyl (C=O) groups is 1. The fourth-order valence-corrected chi connectivity index (χ4v) is 2.24. The summed E-state index contributed by atoms with van der Waals surface area (Å²) in [4.78, 5) is 12.0.